The van der Waals surface area contributed by atoms with Gasteiger partial charge in [0.15, 0.2) is 0 Å². The number of ether oxygens (including phenoxy) is 1. The maximum Gasteiger partial charge on any atom is 0.315 e. The number of esters is 1. The Morgan fingerprint density at radius 1 is 0.909 bits per heavy atom. The Bertz CT molecular complexity index is 906. The molecule has 0 N–H and O–H groups in total. The largest absolute Gasteiger partial charge is 0.469 e. The van der Waals surface area contributed by atoms with Crippen molar-refractivity contribution < 1.29 is 19.1 Å². The second kappa shape index (κ2) is 10.6. The topological polar surface area (TPSA) is 70.2 Å². The van der Waals surface area contributed by atoms with Gasteiger partial charge in [0.2, 0.25) is 11.8 Å². The molecule has 1 aromatic rings. The van der Waals surface area contributed by atoms with Crippen LogP contribution < -0.4 is 0 Å². The van der Waals surface area contributed by atoms with Gasteiger partial charge in [0.05, 0.1) is 35.7 Å². The SMILES string of the molecule is COC(=O)CC(=O)N1CCN(C(=O)Cc2ccc(Cl)c(Cl)c2)[C@H]2[C@H](N3CCCC3)CCC[C@H]21. The Hall–Kier alpha value is -1.83. The van der Waals surface area contributed by atoms with E-state index >= 15 is 0 Å². The molecule has 0 bridgehead atoms. The van der Waals surface area contributed by atoms with E-state index in [1.807, 2.05) is 15.9 Å². The highest BCUT2D eigenvalue weighted by molar-refractivity contribution is 6.42. The number of piperazine rings is 1. The highest BCUT2D eigenvalue weighted by Crippen LogP contribution is 2.35. The normalized spacial score (nSPS) is 25.6. The fourth-order valence-corrected chi connectivity index (χ4v) is 6.04. The Balaban J connectivity index is 1.58. The van der Waals surface area contributed by atoms with Crippen LogP contribution in [-0.4, -0.2) is 83.9 Å². The third-order valence-electron chi connectivity index (χ3n) is 7.24. The smallest absolute Gasteiger partial charge is 0.315 e. The highest BCUT2D eigenvalue weighted by atomic mass is 35.5. The Kier molecular flexibility index (Phi) is 7.82. The van der Waals surface area contributed by atoms with E-state index in [-0.39, 0.29) is 42.8 Å². The molecule has 0 radical (unpaired) electrons. The number of carbonyl (C=O) groups excluding carboxylic acids is 3. The fourth-order valence-electron chi connectivity index (χ4n) is 5.72. The van der Waals surface area contributed by atoms with Crippen LogP contribution in [0.25, 0.3) is 0 Å². The minimum atomic E-state index is -0.526. The molecule has 2 saturated heterocycles. The fraction of sp³-hybridized carbons (Fsp3) is 0.625. The molecule has 4 rings (SSSR count). The average Bonchev–Trinajstić information content (AvgIpc) is 3.35. The zero-order chi connectivity index (χ0) is 23.5. The monoisotopic (exact) mass is 495 g/mol. The number of halogens is 2. The number of carbonyl (C=O) groups is 3. The summed E-state index contributed by atoms with van der Waals surface area (Å²) >= 11 is 12.2. The molecule has 180 valence electrons. The van der Waals surface area contributed by atoms with Crippen LogP contribution in [-0.2, 0) is 25.5 Å². The predicted molar refractivity (Wildman–Crippen MR) is 126 cm³/mol. The first-order valence-electron chi connectivity index (χ1n) is 11.7. The van der Waals surface area contributed by atoms with Crippen LogP contribution in [0.5, 0.6) is 0 Å². The number of likely N-dealkylation sites (tertiary alicyclic amines) is 1. The second-order valence-electron chi connectivity index (χ2n) is 9.15. The molecule has 0 aromatic heterocycles. The van der Waals surface area contributed by atoms with Crippen LogP contribution in [0.4, 0.5) is 0 Å². The first-order valence-corrected chi connectivity index (χ1v) is 12.5. The number of benzene rings is 1. The van der Waals surface area contributed by atoms with Crippen molar-refractivity contribution in [3.05, 3.63) is 33.8 Å². The van der Waals surface area contributed by atoms with Crippen LogP contribution in [0.15, 0.2) is 18.2 Å². The van der Waals surface area contributed by atoms with E-state index in [0.29, 0.717) is 23.1 Å². The van der Waals surface area contributed by atoms with Gasteiger partial charge in [0, 0.05) is 19.1 Å². The Morgan fingerprint density at radius 3 is 2.30 bits per heavy atom. The molecular formula is C24H31Cl2N3O4. The van der Waals surface area contributed by atoms with Crippen LogP contribution in [0.1, 0.15) is 44.1 Å². The van der Waals surface area contributed by atoms with E-state index in [1.165, 1.54) is 7.11 Å². The summed E-state index contributed by atoms with van der Waals surface area (Å²) in [5, 5.41) is 0.901. The minimum Gasteiger partial charge on any atom is -0.469 e. The van der Waals surface area contributed by atoms with E-state index in [9.17, 15) is 14.4 Å². The maximum atomic E-state index is 13.5. The van der Waals surface area contributed by atoms with Gasteiger partial charge in [0.1, 0.15) is 6.42 Å². The van der Waals surface area contributed by atoms with Gasteiger partial charge in [-0.1, -0.05) is 29.3 Å². The maximum absolute atomic E-state index is 13.5. The Morgan fingerprint density at radius 2 is 1.61 bits per heavy atom. The number of methoxy groups -OCH3 is 1. The number of hydrogen-bond donors (Lipinski definition) is 0. The highest BCUT2D eigenvalue weighted by Gasteiger charge is 2.48. The second-order valence-corrected chi connectivity index (χ2v) is 9.97. The summed E-state index contributed by atoms with van der Waals surface area (Å²) in [5.74, 6) is -0.702. The van der Waals surface area contributed by atoms with Crippen molar-refractivity contribution in [3.63, 3.8) is 0 Å². The van der Waals surface area contributed by atoms with Crippen molar-refractivity contribution in [1.82, 2.24) is 14.7 Å². The molecule has 9 heteroatoms. The quantitative estimate of drug-likeness (QED) is 0.463. The molecule has 1 saturated carbocycles. The van der Waals surface area contributed by atoms with Crippen molar-refractivity contribution in [1.29, 1.82) is 0 Å². The minimum absolute atomic E-state index is 0.0366. The van der Waals surface area contributed by atoms with Gasteiger partial charge < -0.3 is 14.5 Å². The molecule has 0 spiro atoms. The third kappa shape index (κ3) is 5.31. The molecular weight excluding hydrogens is 465 g/mol. The summed E-state index contributed by atoms with van der Waals surface area (Å²) in [7, 11) is 1.29. The van der Waals surface area contributed by atoms with Crippen molar-refractivity contribution in [2.75, 3.05) is 33.3 Å². The molecule has 2 amide bonds. The summed E-state index contributed by atoms with van der Waals surface area (Å²) in [6, 6.07) is 5.34. The number of rotatable bonds is 5. The lowest BCUT2D eigenvalue weighted by Crippen LogP contribution is -2.69. The van der Waals surface area contributed by atoms with E-state index in [1.54, 1.807) is 12.1 Å². The third-order valence-corrected chi connectivity index (χ3v) is 7.98. The van der Waals surface area contributed by atoms with Gasteiger partial charge in [-0.15, -0.1) is 0 Å². The van der Waals surface area contributed by atoms with Crippen molar-refractivity contribution >= 4 is 41.0 Å². The number of nitrogens with zero attached hydrogens (tertiary/aromatic N) is 3. The lowest BCUT2D eigenvalue weighted by Gasteiger charge is -2.54. The van der Waals surface area contributed by atoms with Crippen LogP contribution in [0, 0.1) is 0 Å². The summed E-state index contributed by atoms with van der Waals surface area (Å²) < 4.78 is 4.71. The standard InChI is InChI=1S/C24H31Cl2N3O4/c1-33-23(32)15-22(31)28-11-12-29(21(30)14-16-7-8-17(25)18(26)13-16)24-19(5-4-6-20(24)28)27-9-2-3-10-27/h7-8,13,19-20,24H,2-6,9-12,14-15H2,1H3/t19-,20-,24+/m1/s1. The lowest BCUT2D eigenvalue weighted by molar-refractivity contribution is -0.157. The Labute approximate surface area is 204 Å². The zero-order valence-electron chi connectivity index (χ0n) is 19.0. The van der Waals surface area contributed by atoms with Crippen LogP contribution in [0.3, 0.4) is 0 Å². The number of amides is 2. The van der Waals surface area contributed by atoms with Gasteiger partial charge in [-0.2, -0.15) is 0 Å². The zero-order valence-corrected chi connectivity index (χ0v) is 20.5. The average molecular weight is 496 g/mol. The van der Waals surface area contributed by atoms with E-state index < -0.39 is 5.97 Å². The molecule has 1 aromatic carbocycles. The molecule has 3 aliphatic rings. The van der Waals surface area contributed by atoms with Gasteiger partial charge >= 0.3 is 5.97 Å². The molecule has 3 fully saturated rings. The molecule has 3 atom stereocenters. The summed E-state index contributed by atoms with van der Waals surface area (Å²) in [4.78, 5) is 44.6. The molecule has 1 aliphatic carbocycles. The van der Waals surface area contributed by atoms with Crippen LogP contribution >= 0.6 is 23.2 Å². The summed E-state index contributed by atoms with van der Waals surface area (Å²) in [5.41, 5.74) is 0.823. The molecule has 0 unspecified atom stereocenters. The van der Waals surface area contributed by atoms with Crippen LogP contribution in [0.2, 0.25) is 10.0 Å². The van der Waals surface area contributed by atoms with E-state index in [2.05, 4.69) is 4.90 Å². The van der Waals surface area contributed by atoms with Crippen molar-refractivity contribution in [2.24, 2.45) is 0 Å². The summed E-state index contributed by atoms with van der Waals surface area (Å²) in [6.45, 7) is 2.94. The predicted octanol–water partition coefficient (Wildman–Crippen LogP) is 3.16. The van der Waals surface area contributed by atoms with E-state index in [0.717, 1.165) is 50.8 Å². The van der Waals surface area contributed by atoms with E-state index in [4.69, 9.17) is 27.9 Å². The molecule has 7 nitrogen and oxygen atoms in total. The lowest BCUT2D eigenvalue weighted by atomic mass is 9.81. The molecule has 2 aliphatic heterocycles. The summed E-state index contributed by atoms with van der Waals surface area (Å²) in [6.07, 6.45) is 5.15. The number of hydrogen-bond acceptors (Lipinski definition) is 5. The van der Waals surface area contributed by atoms with Crippen molar-refractivity contribution in [2.45, 2.75) is 63.1 Å². The van der Waals surface area contributed by atoms with Gasteiger partial charge in [0.25, 0.3) is 0 Å². The first kappa shape index (κ1) is 24.3. The molecule has 2 heterocycles. The molecule has 33 heavy (non-hydrogen) atoms. The van der Waals surface area contributed by atoms with Crippen molar-refractivity contribution in [3.8, 4) is 0 Å². The number of fused-ring (bicyclic) bond motifs is 1. The first-order chi connectivity index (χ1) is 15.9. The van der Waals surface area contributed by atoms with Gasteiger partial charge in [-0.3, -0.25) is 19.3 Å². The van der Waals surface area contributed by atoms with Gasteiger partial charge in [-0.25, -0.2) is 0 Å². The van der Waals surface area contributed by atoms with Gasteiger partial charge in [-0.05, 0) is 62.9 Å².